The monoisotopic (exact) mass is 563 g/mol. The Morgan fingerprint density at radius 1 is 1.29 bits per heavy atom. The van der Waals surface area contributed by atoms with Gasteiger partial charge in [0.15, 0.2) is 5.96 Å². The number of nitrogens with one attached hydrogen (secondary N) is 2. The first kappa shape index (κ1) is 25.8. The van der Waals surface area contributed by atoms with E-state index < -0.39 is 0 Å². The molecule has 2 atom stereocenters. The number of guanidine groups is 1. The van der Waals surface area contributed by atoms with Crippen LogP contribution in [-0.4, -0.2) is 69.7 Å². The molecular weight excluding hydrogens is 529 g/mol. The van der Waals surface area contributed by atoms with Crippen LogP contribution in [0.2, 0.25) is 5.02 Å². The van der Waals surface area contributed by atoms with E-state index in [1.165, 1.54) is 6.42 Å². The summed E-state index contributed by atoms with van der Waals surface area (Å²) in [6.07, 6.45) is 3.81. The summed E-state index contributed by atoms with van der Waals surface area (Å²) in [6, 6.07) is 5.95. The number of carbonyl (C=O) groups is 1. The number of anilines is 1. The van der Waals surface area contributed by atoms with Gasteiger partial charge in [-0.3, -0.25) is 9.79 Å². The minimum atomic E-state index is 0. The lowest BCUT2D eigenvalue weighted by Gasteiger charge is -2.31. The molecule has 0 radical (unpaired) electrons. The van der Waals surface area contributed by atoms with Crippen molar-refractivity contribution in [1.82, 2.24) is 15.5 Å². The normalized spacial score (nSPS) is 21.5. The van der Waals surface area contributed by atoms with Gasteiger partial charge in [0.2, 0.25) is 5.91 Å². The maximum absolute atomic E-state index is 12.4. The van der Waals surface area contributed by atoms with E-state index in [-0.39, 0.29) is 35.9 Å². The number of carbonyl (C=O) groups excluding carboxylic acids is 1. The minimum absolute atomic E-state index is 0. The van der Waals surface area contributed by atoms with E-state index >= 15 is 0 Å². The second-order valence-corrected chi connectivity index (χ2v) is 8.66. The van der Waals surface area contributed by atoms with Crippen LogP contribution in [0, 0.1) is 5.92 Å². The zero-order valence-electron chi connectivity index (χ0n) is 18.7. The summed E-state index contributed by atoms with van der Waals surface area (Å²) in [5.74, 6) is 2.39. The topological polar surface area (TPSA) is 69.2 Å². The lowest BCUT2D eigenvalue weighted by atomic mass is 10.00. The zero-order valence-corrected chi connectivity index (χ0v) is 21.8. The zero-order chi connectivity index (χ0) is 21.5. The molecule has 0 bridgehead atoms. The van der Waals surface area contributed by atoms with Gasteiger partial charge in [0.1, 0.15) is 5.75 Å². The molecule has 2 aliphatic heterocycles. The van der Waals surface area contributed by atoms with Gasteiger partial charge in [-0.1, -0.05) is 18.5 Å². The van der Waals surface area contributed by atoms with Gasteiger partial charge in [0.25, 0.3) is 0 Å². The highest BCUT2D eigenvalue weighted by molar-refractivity contribution is 14.0. The predicted octanol–water partition coefficient (Wildman–Crippen LogP) is 3.36. The maximum atomic E-state index is 12.4. The fourth-order valence-corrected chi connectivity index (χ4v) is 4.42. The van der Waals surface area contributed by atoms with Crippen molar-refractivity contribution in [3.63, 3.8) is 0 Å². The Morgan fingerprint density at radius 3 is 2.81 bits per heavy atom. The average Bonchev–Trinajstić information content (AvgIpc) is 3.21. The van der Waals surface area contributed by atoms with Gasteiger partial charge in [-0.2, -0.15) is 0 Å². The van der Waals surface area contributed by atoms with Crippen molar-refractivity contribution >= 4 is 53.1 Å². The van der Waals surface area contributed by atoms with E-state index in [1.807, 2.05) is 23.1 Å². The number of hydrogen-bond donors (Lipinski definition) is 2. The van der Waals surface area contributed by atoms with Gasteiger partial charge in [0, 0.05) is 57.3 Å². The summed E-state index contributed by atoms with van der Waals surface area (Å²) in [4.78, 5) is 21.0. The van der Waals surface area contributed by atoms with E-state index in [2.05, 4.69) is 27.4 Å². The van der Waals surface area contributed by atoms with Gasteiger partial charge < -0.3 is 25.2 Å². The molecule has 2 unspecified atom stereocenters. The number of halogens is 2. The molecule has 2 heterocycles. The molecule has 0 spiro atoms. The van der Waals surface area contributed by atoms with Gasteiger partial charge in [-0.15, -0.1) is 24.0 Å². The van der Waals surface area contributed by atoms with Crippen molar-refractivity contribution < 1.29 is 9.53 Å². The van der Waals surface area contributed by atoms with E-state index in [9.17, 15) is 4.79 Å². The highest BCUT2D eigenvalue weighted by atomic mass is 127. The molecule has 174 valence electrons. The largest absolute Gasteiger partial charge is 0.495 e. The SMILES string of the molecule is CN=C(NCCC(=O)N1CCCC(C)C1)NC1CCN(c2cc(Cl)ccc2OC)C1.I. The lowest BCUT2D eigenvalue weighted by Crippen LogP contribution is -2.46. The van der Waals surface area contributed by atoms with Crippen LogP contribution in [0.4, 0.5) is 5.69 Å². The van der Waals surface area contributed by atoms with Gasteiger partial charge in [0.05, 0.1) is 12.8 Å². The Labute approximate surface area is 207 Å². The molecule has 0 saturated carbocycles. The summed E-state index contributed by atoms with van der Waals surface area (Å²) < 4.78 is 5.49. The van der Waals surface area contributed by atoms with E-state index in [0.29, 0.717) is 23.9 Å². The third-order valence-electron chi connectivity index (χ3n) is 5.88. The summed E-state index contributed by atoms with van der Waals surface area (Å²) in [7, 11) is 3.44. The van der Waals surface area contributed by atoms with Crippen molar-refractivity contribution in [3.05, 3.63) is 23.2 Å². The lowest BCUT2D eigenvalue weighted by molar-refractivity contribution is -0.132. The standard InChI is InChI=1S/C22H34ClN5O2.HI/c1-16-5-4-11-28(14-16)21(29)8-10-25-22(24-2)26-18-9-12-27(15-18)19-13-17(23)6-7-20(19)30-3;/h6-7,13,16,18H,4-5,8-12,14-15H2,1-3H3,(H2,24,25,26);1H. The van der Waals surface area contributed by atoms with Gasteiger partial charge in [-0.05, 0) is 43.4 Å². The molecular formula is C22H35ClIN5O2. The first-order chi connectivity index (χ1) is 14.5. The van der Waals surface area contributed by atoms with Crippen LogP contribution in [0.1, 0.15) is 32.6 Å². The van der Waals surface area contributed by atoms with Crippen LogP contribution in [0.5, 0.6) is 5.75 Å². The Kier molecular flexibility index (Phi) is 10.5. The van der Waals surface area contributed by atoms with E-state index in [0.717, 1.165) is 56.4 Å². The smallest absolute Gasteiger partial charge is 0.224 e. The second-order valence-electron chi connectivity index (χ2n) is 8.23. The summed E-state index contributed by atoms with van der Waals surface area (Å²) in [6.45, 7) is 6.33. The number of methoxy groups -OCH3 is 1. The number of ether oxygens (including phenoxy) is 1. The molecule has 1 aromatic rings. The first-order valence-electron chi connectivity index (χ1n) is 10.8. The average molecular weight is 564 g/mol. The number of amides is 1. The molecule has 0 aliphatic carbocycles. The fourth-order valence-electron chi connectivity index (χ4n) is 4.26. The Bertz CT molecular complexity index is 763. The molecule has 3 rings (SSSR count). The van der Waals surface area contributed by atoms with Crippen molar-refractivity contribution in [2.45, 2.75) is 38.6 Å². The van der Waals surface area contributed by atoms with Crippen molar-refractivity contribution in [2.24, 2.45) is 10.9 Å². The van der Waals surface area contributed by atoms with Gasteiger partial charge in [-0.25, -0.2) is 0 Å². The fraction of sp³-hybridized carbons (Fsp3) is 0.636. The van der Waals surface area contributed by atoms with Crippen molar-refractivity contribution in [3.8, 4) is 5.75 Å². The second kappa shape index (κ2) is 12.6. The van der Waals surface area contributed by atoms with Crippen molar-refractivity contribution in [2.75, 3.05) is 51.8 Å². The highest BCUT2D eigenvalue weighted by Gasteiger charge is 2.26. The third kappa shape index (κ3) is 7.30. The molecule has 1 aromatic carbocycles. The Morgan fingerprint density at radius 2 is 2.10 bits per heavy atom. The quantitative estimate of drug-likeness (QED) is 0.316. The molecule has 2 fully saturated rings. The molecule has 0 aromatic heterocycles. The summed E-state index contributed by atoms with van der Waals surface area (Å²) >= 11 is 6.18. The molecule has 2 aliphatic rings. The number of rotatable bonds is 6. The predicted molar refractivity (Wildman–Crippen MR) is 138 cm³/mol. The molecule has 2 saturated heterocycles. The van der Waals surface area contributed by atoms with Crippen LogP contribution >= 0.6 is 35.6 Å². The van der Waals surface area contributed by atoms with Crippen LogP contribution < -0.4 is 20.3 Å². The van der Waals surface area contributed by atoms with Crippen LogP contribution in [-0.2, 0) is 4.79 Å². The van der Waals surface area contributed by atoms with Crippen LogP contribution in [0.15, 0.2) is 23.2 Å². The molecule has 7 nitrogen and oxygen atoms in total. The third-order valence-corrected chi connectivity index (χ3v) is 6.11. The molecule has 2 N–H and O–H groups in total. The first-order valence-corrected chi connectivity index (χ1v) is 11.2. The Balaban J connectivity index is 0.00000341. The number of aliphatic imine (C=N–C) groups is 1. The highest BCUT2D eigenvalue weighted by Crippen LogP contribution is 2.33. The number of benzene rings is 1. The maximum Gasteiger partial charge on any atom is 0.224 e. The number of hydrogen-bond acceptors (Lipinski definition) is 4. The molecule has 31 heavy (non-hydrogen) atoms. The molecule has 1 amide bonds. The number of likely N-dealkylation sites (tertiary alicyclic amines) is 1. The van der Waals surface area contributed by atoms with E-state index in [1.54, 1.807) is 14.2 Å². The van der Waals surface area contributed by atoms with Crippen LogP contribution in [0.3, 0.4) is 0 Å². The molecule has 9 heteroatoms. The summed E-state index contributed by atoms with van der Waals surface area (Å²) in [5, 5.41) is 7.47. The van der Waals surface area contributed by atoms with Crippen LogP contribution in [0.25, 0.3) is 0 Å². The summed E-state index contributed by atoms with van der Waals surface area (Å²) in [5.41, 5.74) is 1.01. The van der Waals surface area contributed by atoms with Gasteiger partial charge >= 0.3 is 0 Å². The Hall–Kier alpha value is -1.42. The number of piperidine rings is 1. The number of nitrogens with zero attached hydrogens (tertiary/aromatic N) is 3. The minimum Gasteiger partial charge on any atom is -0.495 e. The van der Waals surface area contributed by atoms with E-state index in [4.69, 9.17) is 16.3 Å². The van der Waals surface area contributed by atoms with Crippen molar-refractivity contribution in [1.29, 1.82) is 0 Å².